The van der Waals surface area contributed by atoms with Gasteiger partial charge in [-0.15, -0.1) is 0 Å². The maximum atomic E-state index is 13.4. The standard InChI is InChI=1S/C17H18F3N/c1-3-6-21-10-12-5-4-11(2)7-14(12)13-8-15(18)17(20)16(19)9-13/h4-5,7-9,21H,3,6,10H2,1-2H3. The second kappa shape index (κ2) is 6.76. The molecule has 0 spiro atoms. The van der Waals surface area contributed by atoms with Crippen LogP contribution in [0.3, 0.4) is 0 Å². The summed E-state index contributed by atoms with van der Waals surface area (Å²) in [4.78, 5) is 0. The molecule has 0 heterocycles. The summed E-state index contributed by atoms with van der Waals surface area (Å²) in [7, 11) is 0. The average molecular weight is 293 g/mol. The zero-order chi connectivity index (χ0) is 15.4. The molecule has 0 saturated heterocycles. The molecule has 0 radical (unpaired) electrons. The fraction of sp³-hybridized carbons (Fsp3) is 0.294. The fourth-order valence-corrected chi connectivity index (χ4v) is 2.22. The van der Waals surface area contributed by atoms with Gasteiger partial charge in [0.15, 0.2) is 17.5 Å². The van der Waals surface area contributed by atoms with E-state index in [2.05, 4.69) is 12.2 Å². The van der Waals surface area contributed by atoms with E-state index in [1.807, 2.05) is 25.1 Å². The van der Waals surface area contributed by atoms with Crippen molar-refractivity contribution in [3.8, 4) is 11.1 Å². The molecule has 0 bridgehead atoms. The molecule has 0 atom stereocenters. The van der Waals surface area contributed by atoms with Gasteiger partial charge in [-0.3, -0.25) is 0 Å². The molecule has 2 aromatic carbocycles. The molecule has 2 aromatic rings. The van der Waals surface area contributed by atoms with Crippen molar-refractivity contribution < 1.29 is 13.2 Å². The molecule has 4 heteroatoms. The molecular weight excluding hydrogens is 275 g/mol. The first-order chi connectivity index (χ1) is 10.0. The van der Waals surface area contributed by atoms with Crippen molar-refractivity contribution in [1.82, 2.24) is 5.32 Å². The number of hydrogen-bond donors (Lipinski definition) is 1. The largest absolute Gasteiger partial charge is 0.313 e. The van der Waals surface area contributed by atoms with Crippen LogP contribution in [-0.2, 0) is 6.54 Å². The zero-order valence-corrected chi connectivity index (χ0v) is 12.1. The summed E-state index contributed by atoms with van der Waals surface area (Å²) in [5.74, 6) is -3.77. The maximum Gasteiger partial charge on any atom is 0.194 e. The third-order valence-electron chi connectivity index (χ3n) is 3.30. The van der Waals surface area contributed by atoms with Gasteiger partial charge in [-0.05, 0) is 48.7 Å². The summed E-state index contributed by atoms with van der Waals surface area (Å²) in [6.07, 6.45) is 1.00. The third-order valence-corrected chi connectivity index (χ3v) is 3.30. The van der Waals surface area contributed by atoms with Crippen molar-refractivity contribution in [2.75, 3.05) is 6.54 Å². The van der Waals surface area contributed by atoms with E-state index in [1.165, 1.54) is 0 Å². The number of benzene rings is 2. The number of halogens is 3. The quantitative estimate of drug-likeness (QED) is 0.628. The van der Waals surface area contributed by atoms with E-state index >= 15 is 0 Å². The van der Waals surface area contributed by atoms with Gasteiger partial charge in [-0.1, -0.05) is 30.7 Å². The van der Waals surface area contributed by atoms with Crippen molar-refractivity contribution >= 4 is 0 Å². The van der Waals surface area contributed by atoms with Gasteiger partial charge in [-0.2, -0.15) is 0 Å². The molecule has 2 rings (SSSR count). The predicted molar refractivity (Wildman–Crippen MR) is 78.5 cm³/mol. The lowest BCUT2D eigenvalue weighted by atomic mass is 9.97. The van der Waals surface area contributed by atoms with Gasteiger partial charge >= 0.3 is 0 Å². The Morgan fingerprint density at radius 1 is 1.00 bits per heavy atom. The summed E-state index contributed by atoms with van der Waals surface area (Å²) in [6, 6.07) is 7.80. The van der Waals surface area contributed by atoms with Crippen LogP contribution in [0.4, 0.5) is 13.2 Å². The number of rotatable bonds is 5. The highest BCUT2D eigenvalue weighted by Crippen LogP contribution is 2.28. The lowest BCUT2D eigenvalue weighted by Crippen LogP contribution is -2.14. The van der Waals surface area contributed by atoms with Gasteiger partial charge in [0, 0.05) is 6.54 Å². The minimum Gasteiger partial charge on any atom is -0.313 e. The van der Waals surface area contributed by atoms with Crippen LogP contribution in [0.15, 0.2) is 30.3 Å². The number of aryl methyl sites for hydroxylation is 1. The van der Waals surface area contributed by atoms with E-state index in [0.29, 0.717) is 12.1 Å². The van der Waals surface area contributed by atoms with Crippen molar-refractivity contribution in [3.63, 3.8) is 0 Å². The van der Waals surface area contributed by atoms with Gasteiger partial charge in [0.1, 0.15) is 0 Å². The molecular formula is C17H18F3N. The zero-order valence-electron chi connectivity index (χ0n) is 12.1. The number of hydrogen-bond acceptors (Lipinski definition) is 1. The monoisotopic (exact) mass is 293 g/mol. The Balaban J connectivity index is 2.44. The second-order valence-electron chi connectivity index (χ2n) is 5.09. The van der Waals surface area contributed by atoms with E-state index in [9.17, 15) is 13.2 Å². The highest BCUT2D eigenvalue weighted by molar-refractivity contribution is 5.68. The minimum atomic E-state index is -1.43. The van der Waals surface area contributed by atoms with E-state index in [0.717, 1.165) is 41.8 Å². The van der Waals surface area contributed by atoms with Crippen LogP contribution in [0.2, 0.25) is 0 Å². The Bertz CT molecular complexity index is 615. The molecule has 112 valence electrons. The highest BCUT2D eigenvalue weighted by Gasteiger charge is 2.13. The van der Waals surface area contributed by atoms with Crippen molar-refractivity contribution in [3.05, 3.63) is 58.9 Å². The molecule has 0 aliphatic rings. The summed E-state index contributed by atoms with van der Waals surface area (Å²) in [5, 5.41) is 3.26. The summed E-state index contributed by atoms with van der Waals surface area (Å²) < 4.78 is 40.0. The normalized spacial score (nSPS) is 10.9. The Labute approximate surface area is 122 Å². The van der Waals surface area contributed by atoms with Crippen molar-refractivity contribution in [2.24, 2.45) is 0 Å². The van der Waals surface area contributed by atoms with Crippen LogP contribution in [0.1, 0.15) is 24.5 Å². The molecule has 0 fully saturated rings. The van der Waals surface area contributed by atoms with Gasteiger partial charge in [0.05, 0.1) is 0 Å². The predicted octanol–water partition coefficient (Wildman–Crippen LogP) is 4.58. The van der Waals surface area contributed by atoms with Crippen LogP contribution >= 0.6 is 0 Å². The first-order valence-electron chi connectivity index (χ1n) is 6.98. The van der Waals surface area contributed by atoms with Gasteiger partial charge in [-0.25, -0.2) is 13.2 Å². The SMILES string of the molecule is CCCNCc1ccc(C)cc1-c1cc(F)c(F)c(F)c1. The Morgan fingerprint density at radius 2 is 1.67 bits per heavy atom. The lowest BCUT2D eigenvalue weighted by molar-refractivity contribution is 0.447. The van der Waals surface area contributed by atoms with Crippen LogP contribution in [0.25, 0.3) is 11.1 Å². The maximum absolute atomic E-state index is 13.4. The Kier molecular flexibility index (Phi) is 5.02. The van der Waals surface area contributed by atoms with Crippen LogP contribution in [0.5, 0.6) is 0 Å². The molecule has 0 aliphatic carbocycles. The van der Waals surface area contributed by atoms with Crippen molar-refractivity contribution in [2.45, 2.75) is 26.8 Å². The van der Waals surface area contributed by atoms with E-state index < -0.39 is 17.5 Å². The minimum absolute atomic E-state index is 0.350. The van der Waals surface area contributed by atoms with Crippen LogP contribution < -0.4 is 5.32 Å². The summed E-state index contributed by atoms with van der Waals surface area (Å²) >= 11 is 0. The van der Waals surface area contributed by atoms with Gasteiger partial charge < -0.3 is 5.32 Å². The summed E-state index contributed by atoms with van der Waals surface area (Å²) in [5.41, 5.74) is 2.98. The highest BCUT2D eigenvalue weighted by atomic mass is 19.2. The van der Waals surface area contributed by atoms with E-state index in [1.54, 1.807) is 0 Å². The smallest absolute Gasteiger partial charge is 0.194 e. The molecule has 21 heavy (non-hydrogen) atoms. The second-order valence-corrected chi connectivity index (χ2v) is 5.09. The molecule has 0 saturated carbocycles. The molecule has 1 N–H and O–H groups in total. The van der Waals surface area contributed by atoms with Gasteiger partial charge in [0.2, 0.25) is 0 Å². The van der Waals surface area contributed by atoms with E-state index in [4.69, 9.17) is 0 Å². The number of nitrogens with one attached hydrogen (secondary N) is 1. The average Bonchev–Trinajstić information content (AvgIpc) is 2.46. The molecule has 1 nitrogen and oxygen atoms in total. The van der Waals surface area contributed by atoms with Gasteiger partial charge in [0.25, 0.3) is 0 Å². The first kappa shape index (κ1) is 15.6. The summed E-state index contributed by atoms with van der Waals surface area (Å²) in [6.45, 7) is 5.43. The molecule has 0 amide bonds. The van der Waals surface area contributed by atoms with E-state index in [-0.39, 0.29) is 0 Å². The lowest BCUT2D eigenvalue weighted by Gasteiger charge is -2.12. The van der Waals surface area contributed by atoms with Crippen LogP contribution in [0, 0.1) is 24.4 Å². The van der Waals surface area contributed by atoms with Crippen molar-refractivity contribution in [1.29, 1.82) is 0 Å². The molecule has 0 aliphatic heterocycles. The van der Waals surface area contributed by atoms with Crippen LogP contribution in [-0.4, -0.2) is 6.54 Å². The first-order valence-corrected chi connectivity index (χ1v) is 6.98. The molecule has 0 aromatic heterocycles. The molecule has 0 unspecified atom stereocenters. The Hall–Kier alpha value is -1.81. The Morgan fingerprint density at radius 3 is 2.29 bits per heavy atom. The third kappa shape index (κ3) is 3.64. The fourth-order valence-electron chi connectivity index (χ4n) is 2.22. The topological polar surface area (TPSA) is 12.0 Å².